The molecule has 2 amide bonds. The van der Waals surface area contributed by atoms with Crippen LogP contribution in [0, 0.1) is 5.92 Å². The number of carbonyl (C=O) groups is 2. The minimum Gasteiger partial charge on any atom is -0.478 e. The highest BCUT2D eigenvalue weighted by Gasteiger charge is 2.51. The van der Waals surface area contributed by atoms with Crippen LogP contribution in [0.4, 0.5) is 10.6 Å². The summed E-state index contributed by atoms with van der Waals surface area (Å²) in [4.78, 5) is 41.3. The predicted molar refractivity (Wildman–Crippen MR) is 157 cm³/mol. The Labute approximate surface area is 247 Å². The van der Waals surface area contributed by atoms with E-state index in [1.165, 1.54) is 6.33 Å². The number of carboxylic acids is 1. The lowest BCUT2D eigenvalue weighted by molar-refractivity contribution is -0.0499. The number of nitrogens with zero attached hydrogens (tertiary/aromatic N) is 5. The van der Waals surface area contributed by atoms with E-state index in [9.17, 15) is 14.7 Å². The Hall–Kier alpha value is -4.72. The number of fused-ring (bicyclic) bond motifs is 2. The molecule has 2 aliphatic rings. The van der Waals surface area contributed by atoms with E-state index in [1.54, 1.807) is 24.7 Å². The van der Waals surface area contributed by atoms with Gasteiger partial charge in [-0.15, -0.1) is 0 Å². The minimum absolute atomic E-state index is 0.0364. The zero-order valence-corrected chi connectivity index (χ0v) is 23.5. The Morgan fingerprint density at radius 1 is 1.07 bits per heavy atom. The lowest BCUT2D eigenvalue weighted by atomic mass is 10.1. The Morgan fingerprint density at radius 3 is 2.72 bits per heavy atom. The summed E-state index contributed by atoms with van der Waals surface area (Å²) in [7, 11) is 0. The molecular formula is C30H32N8O5. The van der Waals surface area contributed by atoms with Gasteiger partial charge in [0.05, 0.1) is 29.7 Å². The maximum atomic E-state index is 12.2. The van der Waals surface area contributed by atoms with Crippen molar-refractivity contribution in [3.63, 3.8) is 0 Å². The number of rotatable bonds is 10. The number of ether oxygens (including phenoxy) is 2. The van der Waals surface area contributed by atoms with Gasteiger partial charge in [-0.2, -0.15) is 0 Å². The van der Waals surface area contributed by atoms with Crippen molar-refractivity contribution in [2.75, 3.05) is 18.4 Å². The molecular weight excluding hydrogens is 552 g/mol. The van der Waals surface area contributed by atoms with Crippen LogP contribution in [-0.4, -0.2) is 73.2 Å². The summed E-state index contributed by atoms with van der Waals surface area (Å²) in [5, 5.41) is 18.3. The SMILES string of the molecule is CCNC(=O)Nc1ncnc2c1ncn2C1CC(CNCc2ncccc2C(=O)O)C2O[C@H](C=Cc3ccccc3)OC21. The zero-order chi connectivity index (χ0) is 29.8. The molecule has 1 aromatic carbocycles. The Morgan fingerprint density at radius 2 is 1.91 bits per heavy atom. The van der Waals surface area contributed by atoms with Gasteiger partial charge in [0, 0.05) is 31.7 Å². The molecule has 0 bridgehead atoms. The first-order valence-electron chi connectivity index (χ1n) is 14.2. The van der Waals surface area contributed by atoms with Gasteiger partial charge in [-0.3, -0.25) is 10.3 Å². The van der Waals surface area contributed by atoms with E-state index in [-0.39, 0.29) is 35.8 Å². The average Bonchev–Trinajstić information content (AvgIpc) is 3.72. The molecule has 1 saturated heterocycles. The molecule has 222 valence electrons. The Balaban J connectivity index is 1.24. The second-order valence-corrected chi connectivity index (χ2v) is 10.4. The highest BCUT2D eigenvalue weighted by Crippen LogP contribution is 2.45. The molecule has 13 nitrogen and oxygen atoms in total. The molecule has 43 heavy (non-hydrogen) atoms. The van der Waals surface area contributed by atoms with Crippen molar-refractivity contribution < 1.29 is 24.2 Å². The summed E-state index contributed by atoms with van der Waals surface area (Å²) in [6.45, 7) is 3.16. The van der Waals surface area contributed by atoms with Gasteiger partial charge in [0.25, 0.3) is 0 Å². The number of hydrogen-bond donors (Lipinski definition) is 4. The summed E-state index contributed by atoms with van der Waals surface area (Å²) in [5.41, 5.74) is 2.73. The third-order valence-corrected chi connectivity index (χ3v) is 7.64. The molecule has 4 N–H and O–H groups in total. The van der Waals surface area contributed by atoms with Crippen LogP contribution in [0.2, 0.25) is 0 Å². The van der Waals surface area contributed by atoms with Crippen LogP contribution in [-0.2, 0) is 16.0 Å². The van der Waals surface area contributed by atoms with E-state index < -0.39 is 12.3 Å². The molecule has 3 aromatic heterocycles. The first-order valence-corrected chi connectivity index (χ1v) is 14.2. The maximum Gasteiger partial charge on any atom is 0.337 e. The highest BCUT2D eigenvalue weighted by molar-refractivity contribution is 5.95. The van der Waals surface area contributed by atoms with Gasteiger partial charge in [-0.05, 0) is 37.1 Å². The number of imidazole rings is 1. The number of anilines is 1. The number of aromatic nitrogens is 5. The van der Waals surface area contributed by atoms with Gasteiger partial charge in [0.2, 0.25) is 0 Å². The number of amides is 2. The average molecular weight is 585 g/mol. The summed E-state index contributed by atoms with van der Waals surface area (Å²) in [5.74, 6) is -0.657. The molecule has 5 atom stereocenters. The van der Waals surface area contributed by atoms with E-state index in [4.69, 9.17) is 9.47 Å². The van der Waals surface area contributed by atoms with Crippen LogP contribution in [0.5, 0.6) is 0 Å². The monoisotopic (exact) mass is 584 g/mol. The first kappa shape index (κ1) is 28.4. The highest BCUT2D eigenvalue weighted by atomic mass is 16.7. The van der Waals surface area contributed by atoms with Crippen molar-refractivity contribution in [3.8, 4) is 0 Å². The normalized spacial score (nSPS) is 23.0. The number of carboxylic acid groups (broad SMARTS) is 1. The van der Waals surface area contributed by atoms with Gasteiger partial charge in [0.15, 0.2) is 23.3 Å². The van der Waals surface area contributed by atoms with Crippen LogP contribution < -0.4 is 16.0 Å². The number of aromatic carboxylic acids is 1. The van der Waals surface area contributed by atoms with Crippen molar-refractivity contribution in [2.45, 2.75) is 44.4 Å². The molecule has 2 fully saturated rings. The molecule has 1 saturated carbocycles. The molecule has 6 rings (SSSR count). The van der Waals surface area contributed by atoms with Gasteiger partial charge >= 0.3 is 12.0 Å². The second kappa shape index (κ2) is 12.7. The van der Waals surface area contributed by atoms with Crippen LogP contribution in [0.15, 0.2) is 67.4 Å². The van der Waals surface area contributed by atoms with Crippen LogP contribution >= 0.6 is 0 Å². The van der Waals surface area contributed by atoms with Gasteiger partial charge in [-0.1, -0.05) is 36.4 Å². The van der Waals surface area contributed by atoms with Gasteiger partial charge in [-0.25, -0.2) is 24.5 Å². The molecule has 4 aromatic rings. The smallest absolute Gasteiger partial charge is 0.337 e. The number of nitrogens with one attached hydrogen (secondary N) is 3. The first-order chi connectivity index (χ1) is 21.0. The van der Waals surface area contributed by atoms with Crippen molar-refractivity contribution in [1.29, 1.82) is 0 Å². The predicted octanol–water partition coefficient (Wildman–Crippen LogP) is 3.24. The minimum atomic E-state index is -1.01. The summed E-state index contributed by atoms with van der Waals surface area (Å²) in [6, 6.07) is 12.6. The Bertz CT molecular complexity index is 1630. The number of benzene rings is 1. The van der Waals surface area contributed by atoms with E-state index in [0.717, 1.165) is 5.56 Å². The largest absolute Gasteiger partial charge is 0.478 e. The molecule has 1 aliphatic heterocycles. The molecule has 0 radical (unpaired) electrons. The molecule has 1 aliphatic carbocycles. The van der Waals surface area contributed by atoms with Crippen molar-refractivity contribution in [3.05, 3.63) is 84.2 Å². The van der Waals surface area contributed by atoms with Crippen LogP contribution in [0.1, 0.15) is 41.0 Å². The van der Waals surface area contributed by atoms with Crippen molar-refractivity contribution in [2.24, 2.45) is 5.92 Å². The molecule has 4 unspecified atom stereocenters. The topological polar surface area (TPSA) is 165 Å². The van der Waals surface area contributed by atoms with E-state index >= 15 is 0 Å². The summed E-state index contributed by atoms with van der Waals surface area (Å²) < 4.78 is 14.9. The van der Waals surface area contributed by atoms with Crippen molar-refractivity contribution >= 4 is 35.1 Å². The summed E-state index contributed by atoms with van der Waals surface area (Å²) in [6.07, 6.45) is 8.18. The standard InChI is InChI=1S/C30H32N8O5/c1-2-32-30(41)37-27-24-28(35-16-34-27)38(17-36-24)22-13-19(14-31-15-21-20(29(39)40)9-6-12-33-21)25-26(22)43-23(42-25)11-10-18-7-4-3-5-8-18/h3-12,16-17,19,22-23,25-26,31H,2,13-15H2,1H3,(H,39,40)(H2,32,34,35,37,41)/t19?,22?,23-,25?,26?/m0/s1. The van der Waals surface area contributed by atoms with Crippen LogP contribution in [0.25, 0.3) is 17.2 Å². The second-order valence-electron chi connectivity index (χ2n) is 10.4. The Kier molecular flexibility index (Phi) is 8.36. The maximum absolute atomic E-state index is 12.2. The lowest BCUT2D eigenvalue weighted by Crippen LogP contribution is -2.32. The molecule has 0 spiro atoms. The van der Waals surface area contributed by atoms with Gasteiger partial charge < -0.3 is 29.8 Å². The van der Waals surface area contributed by atoms with E-state index in [0.29, 0.717) is 48.7 Å². The van der Waals surface area contributed by atoms with Crippen molar-refractivity contribution in [1.82, 2.24) is 35.1 Å². The quantitative estimate of drug-likeness (QED) is 0.217. The third kappa shape index (κ3) is 6.09. The fourth-order valence-electron chi connectivity index (χ4n) is 5.73. The number of pyridine rings is 1. The number of urea groups is 1. The molecule has 13 heteroatoms. The van der Waals surface area contributed by atoms with E-state index in [1.807, 2.05) is 54.0 Å². The fraction of sp³-hybridized carbons (Fsp3) is 0.333. The van der Waals surface area contributed by atoms with Crippen LogP contribution in [0.3, 0.4) is 0 Å². The number of hydrogen-bond acceptors (Lipinski definition) is 9. The van der Waals surface area contributed by atoms with E-state index in [2.05, 4.69) is 35.9 Å². The molecule has 4 heterocycles. The number of carbonyl (C=O) groups excluding carboxylic acids is 1. The lowest BCUT2D eigenvalue weighted by Gasteiger charge is -2.20. The summed E-state index contributed by atoms with van der Waals surface area (Å²) >= 11 is 0. The van der Waals surface area contributed by atoms with Gasteiger partial charge in [0.1, 0.15) is 12.4 Å². The third-order valence-electron chi connectivity index (χ3n) is 7.64. The zero-order valence-electron chi connectivity index (χ0n) is 23.5. The fourth-order valence-corrected chi connectivity index (χ4v) is 5.73.